The first-order chi connectivity index (χ1) is 5.40. The highest BCUT2D eigenvalue weighted by atomic mass is 16.4. The quantitative estimate of drug-likeness (QED) is 0.659. The number of nitrogens with two attached hydrogens (primary N) is 1. The summed E-state index contributed by atoms with van der Waals surface area (Å²) in [5.74, 6) is -0.882. The number of hydrogen-bond donors (Lipinski definition) is 2. The molecule has 0 aromatic carbocycles. The third kappa shape index (κ3) is 1.22. The summed E-state index contributed by atoms with van der Waals surface area (Å²) in [7, 11) is 0. The summed E-state index contributed by atoms with van der Waals surface area (Å²) in [6.07, 6.45) is 4.09. The smallest absolute Gasteiger partial charge is 0.323 e. The van der Waals surface area contributed by atoms with E-state index in [-0.39, 0.29) is 5.41 Å². The van der Waals surface area contributed by atoms with Crippen LogP contribution in [-0.2, 0) is 4.79 Å². The van der Waals surface area contributed by atoms with Crippen LogP contribution in [0, 0.1) is 5.41 Å². The van der Waals surface area contributed by atoms with Crippen LogP contribution in [0.5, 0.6) is 0 Å². The van der Waals surface area contributed by atoms with Crippen molar-refractivity contribution in [1.82, 2.24) is 0 Å². The summed E-state index contributed by atoms with van der Waals surface area (Å²) in [5, 5.41) is 8.94. The second kappa shape index (κ2) is 2.73. The molecule has 1 saturated carbocycles. The maximum atomic E-state index is 10.9. The van der Waals surface area contributed by atoms with Crippen molar-refractivity contribution in [2.24, 2.45) is 11.1 Å². The molecular formula is C9H17NO2. The van der Waals surface area contributed by atoms with Crippen LogP contribution in [0.15, 0.2) is 0 Å². The molecule has 0 aliphatic heterocycles. The minimum Gasteiger partial charge on any atom is -0.480 e. The first kappa shape index (κ1) is 9.52. The van der Waals surface area contributed by atoms with Crippen molar-refractivity contribution in [3.63, 3.8) is 0 Å². The second-order valence-corrected chi connectivity index (χ2v) is 4.28. The molecule has 0 saturated heterocycles. The van der Waals surface area contributed by atoms with Gasteiger partial charge in [-0.15, -0.1) is 0 Å². The van der Waals surface area contributed by atoms with Gasteiger partial charge in [-0.3, -0.25) is 4.79 Å². The van der Waals surface area contributed by atoms with Crippen LogP contribution in [0.4, 0.5) is 0 Å². The number of carboxylic acid groups (broad SMARTS) is 1. The average molecular weight is 171 g/mol. The summed E-state index contributed by atoms with van der Waals surface area (Å²) in [4.78, 5) is 10.9. The Morgan fingerprint density at radius 2 is 1.92 bits per heavy atom. The Hall–Kier alpha value is -0.570. The molecule has 3 N–H and O–H groups in total. The summed E-state index contributed by atoms with van der Waals surface area (Å²) in [6.45, 7) is 3.61. The topological polar surface area (TPSA) is 63.3 Å². The van der Waals surface area contributed by atoms with Gasteiger partial charge in [-0.25, -0.2) is 0 Å². The van der Waals surface area contributed by atoms with E-state index in [0.29, 0.717) is 0 Å². The third-order valence-electron chi connectivity index (χ3n) is 3.41. The lowest BCUT2D eigenvalue weighted by molar-refractivity contribution is -0.147. The van der Waals surface area contributed by atoms with Crippen LogP contribution in [0.3, 0.4) is 0 Å². The molecule has 0 aromatic rings. The lowest BCUT2D eigenvalue weighted by atomic mass is 9.71. The van der Waals surface area contributed by atoms with Crippen molar-refractivity contribution in [3.8, 4) is 0 Å². The van der Waals surface area contributed by atoms with Gasteiger partial charge in [0.05, 0.1) is 0 Å². The number of carbonyl (C=O) groups is 1. The summed E-state index contributed by atoms with van der Waals surface area (Å²) in [6, 6.07) is 0. The fourth-order valence-corrected chi connectivity index (χ4v) is 1.93. The largest absolute Gasteiger partial charge is 0.480 e. The molecule has 70 valence electrons. The molecule has 0 spiro atoms. The minimum atomic E-state index is -1.07. The normalized spacial score (nSPS) is 26.6. The Morgan fingerprint density at radius 1 is 1.50 bits per heavy atom. The molecule has 0 amide bonds. The Morgan fingerprint density at radius 3 is 2.25 bits per heavy atom. The number of rotatable bonds is 2. The van der Waals surface area contributed by atoms with E-state index >= 15 is 0 Å². The van der Waals surface area contributed by atoms with Gasteiger partial charge >= 0.3 is 5.97 Å². The van der Waals surface area contributed by atoms with Crippen molar-refractivity contribution in [2.75, 3.05) is 0 Å². The second-order valence-electron chi connectivity index (χ2n) is 4.28. The highest BCUT2D eigenvalue weighted by Crippen LogP contribution is 2.44. The van der Waals surface area contributed by atoms with E-state index in [4.69, 9.17) is 10.8 Å². The van der Waals surface area contributed by atoms with Crippen LogP contribution >= 0.6 is 0 Å². The zero-order valence-corrected chi connectivity index (χ0v) is 7.76. The van der Waals surface area contributed by atoms with Gasteiger partial charge in [-0.05, 0) is 25.2 Å². The average Bonchev–Trinajstić information content (AvgIpc) is 2.37. The van der Waals surface area contributed by atoms with E-state index in [1.54, 1.807) is 6.92 Å². The Bertz CT molecular complexity index is 193. The van der Waals surface area contributed by atoms with Crippen LogP contribution in [-0.4, -0.2) is 16.6 Å². The summed E-state index contributed by atoms with van der Waals surface area (Å²) >= 11 is 0. The molecule has 12 heavy (non-hydrogen) atoms. The molecule has 1 aliphatic carbocycles. The predicted octanol–water partition coefficient (Wildman–Crippen LogP) is 1.37. The Balaban J connectivity index is 2.85. The molecule has 0 aromatic heterocycles. The molecule has 0 heterocycles. The van der Waals surface area contributed by atoms with Crippen molar-refractivity contribution < 1.29 is 9.90 Å². The number of hydrogen-bond acceptors (Lipinski definition) is 2. The van der Waals surface area contributed by atoms with Crippen molar-refractivity contribution >= 4 is 5.97 Å². The van der Waals surface area contributed by atoms with Crippen molar-refractivity contribution in [2.45, 2.75) is 45.1 Å². The lowest BCUT2D eigenvalue weighted by Crippen LogP contribution is -2.56. The maximum absolute atomic E-state index is 10.9. The van der Waals surface area contributed by atoms with E-state index in [1.165, 1.54) is 0 Å². The number of carboxylic acids is 1. The highest BCUT2D eigenvalue weighted by Gasteiger charge is 2.48. The van der Waals surface area contributed by atoms with Crippen molar-refractivity contribution in [3.05, 3.63) is 0 Å². The molecule has 3 heteroatoms. The molecule has 1 unspecified atom stereocenters. The lowest BCUT2D eigenvalue weighted by Gasteiger charge is -2.37. The van der Waals surface area contributed by atoms with E-state index < -0.39 is 11.5 Å². The van der Waals surface area contributed by atoms with Gasteiger partial charge in [0.1, 0.15) is 5.54 Å². The van der Waals surface area contributed by atoms with Gasteiger partial charge < -0.3 is 10.8 Å². The fraction of sp³-hybridized carbons (Fsp3) is 0.889. The minimum absolute atomic E-state index is 0.209. The first-order valence-corrected chi connectivity index (χ1v) is 4.42. The van der Waals surface area contributed by atoms with Gasteiger partial charge in [-0.2, -0.15) is 0 Å². The standard InChI is InChI=1S/C9H17NO2/c1-8(5-3-4-6-8)9(2,10)7(11)12/h3-6,10H2,1-2H3,(H,11,12). The van der Waals surface area contributed by atoms with Crippen LogP contribution < -0.4 is 5.73 Å². The third-order valence-corrected chi connectivity index (χ3v) is 3.41. The molecule has 0 bridgehead atoms. The summed E-state index contributed by atoms with van der Waals surface area (Å²) < 4.78 is 0. The fourth-order valence-electron chi connectivity index (χ4n) is 1.93. The number of aliphatic carboxylic acids is 1. The molecule has 3 nitrogen and oxygen atoms in total. The van der Waals surface area contributed by atoms with Gasteiger partial charge in [0, 0.05) is 0 Å². The zero-order chi connectivity index (χ0) is 9.41. The van der Waals surface area contributed by atoms with Crippen LogP contribution in [0.25, 0.3) is 0 Å². The van der Waals surface area contributed by atoms with Gasteiger partial charge in [0.25, 0.3) is 0 Å². The molecule has 1 aliphatic rings. The van der Waals surface area contributed by atoms with E-state index in [2.05, 4.69) is 0 Å². The van der Waals surface area contributed by atoms with Crippen LogP contribution in [0.2, 0.25) is 0 Å². The molecular weight excluding hydrogens is 154 g/mol. The highest BCUT2D eigenvalue weighted by molar-refractivity contribution is 5.79. The summed E-state index contributed by atoms with van der Waals surface area (Å²) in [5.41, 5.74) is 4.52. The zero-order valence-electron chi connectivity index (χ0n) is 7.76. The van der Waals surface area contributed by atoms with Gasteiger partial charge in [0.15, 0.2) is 0 Å². The van der Waals surface area contributed by atoms with Gasteiger partial charge in [-0.1, -0.05) is 19.8 Å². The maximum Gasteiger partial charge on any atom is 0.323 e. The van der Waals surface area contributed by atoms with Crippen molar-refractivity contribution in [1.29, 1.82) is 0 Å². The molecule has 1 atom stereocenters. The van der Waals surface area contributed by atoms with Gasteiger partial charge in [0.2, 0.25) is 0 Å². The van der Waals surface area contributed by atoms with Crippen LogP contribution in [0.1, 0.15) is 39.5 Å². The first-order valence-electron chi connectivity index (χ1n) is 4.42. The SMILES string of the molecule is CC1(C(C)(N)C(=O)O)CCCC1. The van der Waals surface area contributed by atoms with E-state index in [9.17, 15) is 4.79 Å². The van der Waals surface area contributed by atoms with E-state index in [1.807, 2.05) is 6.92 Å². The Labute approximate surface area is 72.9 Å². The monoisotopic (exact) mass is 171 g/mol. The predicted molar refractivity (Wildman–Crippen MR) is 46.8 cm³/mol. The van der Waals surface area contributed by atoms with E-state index in [0.717, 1.165) is 25.7 Å². The Kier molecular flexibility index (Phi) is 2.17. The molecule has 0 radical (unpaired) electrons. The molecule has 1 fully saturated rings. The molecule has 1 rings (SSSR count).